The molecule has 1 saturated heterocycles. The summed E-state index contributed by atoms with van der Waals surface area (Å²) < 4.78 is 0. The third-order valence-electron chi connectivity index (χ3n) is 5.20. The second kappa shape index (κ2) is 7.26. The molecule has 2 fully saturated rings. The van der Waals surface area contributed by atoms with Crippen LogP contribution in [0.25, 0.3) is 0 Å². The minimum atomic E-state index is 0.664. The summed E-state index contributed by atoms with van der Waals surface area (Å²) in [4.78, 5) is 5.13. The van der Waals surface area contributed by atoms with Crippen molar-refractivity contribution in [2.45, 2.75) is 64.0 Å². The molecule has 0 unspecified atom stereocenters. The van der Waals surface area contributed by atoms with Gasteiger partial charge in [-0.25, -0.2) is 0 Å². The van der Waals surface area contributed by atoms with E-state index in [2.05, 4.69) is 29.8 Å². The van der Waals surface area contributed by atoms with Gasteiger partial charge in [0.2, 0.25) is 0 Å². The lowest BCUT2D eigenvalue weighted by atomic mass is 9.85. The summed E-state index contributed by atoms with van der Waals surface area (Å²) in [7, 11) is 2.18. The van der Waals surface area contributed by atoms with Crippen molar-refractivity contribution >= 4 is 0 Å². The van der Waals surface area contributed by atoms with Crippen LogP contribution >= 0.6 is 0 Å². The van der Waals surface area contributed by atoms with Crippen molar-refractivity contribution in [1.82, 2.24) is 9.80 Å². The fraction of sp³-hybridized carbons (Fsp3) is 0.938. The van der Waals surface area contributed by atoms with Crippen LogP contribution in [0.5, 0.6) is 0 Å². The molecule has 0 amide bonds. The quantitative estimate of drug-likeness (QED) is 0.781. The number of piperidine rings is 1. The largest absolute Gasteiger partial charge is 0.302 e. The zero-order chi connectivity index (χ0) is 13.7. The Kier molecular flexibility index (Phi) is 5.66. The fourth-order valence-corrected chi connectivity index (χ4v) is 3.71. The molecule has 3 heteroatoms. The summed E-state index contributed by atoms with van der Waals surface area (Å²) >= 11 is 0. The summed E-state index contributed by atoms with van der Waals surface area (Å²) in [5.74, 6) is 0.950. The molecule has 1 aliphatic heterocycles. The highest BCUT2D eigenvalue weighted by Crippen LogP contribution is 2.29. The molecule has 1 aliphatic carbocycles. The molecule has 0 aromatic carbocycles. The van der Waals surface area contributed by atoms with Crippen LogP contribution < -0.4 is 0 Å². The SMILES string of the molecule is CC1CCC(N2CCC(N(C)CCC#N)CC2)CC1. The Morgan fingerprint density at radius 2 is 1.74 bits per heavy atom. The lowest BCUT2D eigenvalue weighted by Gasteiger charge is -2.42. The number of hydrogen-bond acceptors (Lipinski definition) is 3. The molecule has 0 spiro atoms. The Labute approximate surface area is 118 Å². The van der Waals surface area contributed by atoms with Gasteiger partial charge in [-0.2, -0.15) is 5.26 Å². The van der Waals surface area contributed by atoms with Crippen molar-refractivity contribution in [2.75, 3.05) is 26.7 Å². The van der Waals surface area contributed by atoms with E-state index in [0.29, 0.717) is 12.5 Å². The molecular formula is C16H29N3. The summed E-state index contributed by atoms with van der Waals surface area (Å²) in [5.41, 5.74) is 0. The fourth-order valence-electron chi connectivity index (χ4n) is 3.71. The molecule has 108 valence electrons. The maximum Gasteiger partial charge on any atom is 0.0635 e. The molecular weight excluding hydrogens is 234 g/mol. The Morgan fingerprint density at radius 3 is 2.32 bits per heavy atom. The average Bonchev–Trinajstić information content (AvgIpc) is 2.46. The third kappa shape index (κ3) is 4.19. The van der Waals surface area contributed by atoms with Crippen LogP contribution in [0, 0.1) is 17.2 Å². The van der Waals surface area contributed by atoms with Crippen molar-refractivity contribution < 1.29 is 0 Å². The second-order valence-corrected chi connectivity index (χ2v) is 6.57. The first-order valence-electron chi connectivity index (χ1n) is 8.02. The highest BCUT2D eigenvalue weighted by atomic mass is 15.2. The van der Waals surface area contributed by atoms with Crippen LogP contribution in [-0.2, 0) is 0 Å². The summed E-state index contributed by atoms with van der Waals surface area (Å²) in [6, 6.07) is 3.81. The number of nitriles is 1. The van der Waals surface area contributed by atoms with Crippen LogP contribution in [0.2, 0.25) is 0 Å². The minimum Gasteiger partial charge on any atom is -0.302 e. The molecule has 1 saturated carbocycles. The van der Waals surface area contributed by atoms with E-state index >= 15 is 0 Å². The smallest absolute Gasteiger partial charge is 0.0635 e. The standard InChI is InChI=1S/C16H29N3/c1-14-4-6-16(7-5-14)19-12-8-15(9-13-19)18(2)11-3-10-17/h14-16H,3-9,11-13H2,1-2H3. The van der Waals surface area contributed by atoms with Crippen LogP contribution in [0.15, 0.2) is 0 Å². The molecule has 2 aliphatic rings. The molecule has 0 aromatic rings. The van der Waals surface area contributed by atoms with Crippen molar-refractivity contribution in [3.63, 3.8) is 0 Å². The maximum atomic E-state index is 8.66. The highest BCUT2D eigenvalue weighted by Gasteiger charge is 2.28. The Hall–Kier alpha value is -0.590. The van der Waals surface area contributed by atoms with Crippen LogP contribution in [-0.4, -0.2) is 48.6 Å². The van der Waals surface area contributed by atoms with Gasteiger partial charge in [-0.1, -0.05) is 6.92 Å². The first kappa shape index (κ1) is 14.8. The molecule has 2 rings (SSSR count). The lowest BCUT2D eigenvalue weighted by Crippen LogP contribution is -2.48. The number of likely N-dealkylation sites (tertiary alicyclic amines) is 1. The predicted molar refractivity (Wildman–Crippen MR) is 78.9 cm³/mol. The Bertz CT molecular complexity index is 294. The Balaban J connectivity index is 1.71. The molecule has 0 radical (unpaired) electrons. The van der Waals surface area contributed by atoms with Gasteiger partial charge >= 0.3 is 0 Å². The topological polar surface area (TPSA) is 30.3 Å². The minimum absolute atomic E-state index is 0.664. The van der Waals surface area contributed by atoms with Crippen LogP contribution in [0.3, 0.4) is 0 Å². The molecule has 1 heterocycles. The average molecular weight is 263 g/mol. The van der Waals surface area contributed by atoms with Crippen LogP contribution in [0.4, 0.5) is 0 Å². The van der Waals surface area contributed by atoms with Gasteiger partial charge in [0.1, 0.15) is 0 Å². The van der Waals surface area contributed by atoms with Crippen molar-refractivity contribution in [2.24, 2.45) is 5.92 Å². The summed E-state index contributed by atoms with van der Waals surface area (Å²) in [5, 5.41) is 8.66. The maximum absolute atomic E-state index is 8.66. The van der Waals surface area contributed by atoms with E-state index in [4.69, 9.17) is 5.26 Å². The molecule has 3 nitrogen and oxygen atoms in total. The van der Waals surface area contributed by atoms with E-state index in [1.807, 2.05) is 0 Å². The van der Waals surface area contributed by atoms with Gasteiger partial charge in [0.05, 0.1) is 6.07 Å². The molecule has 0 N–H and O–H groups in total. The number of nitrogens with zero attached hydrogens (tertiary/aromatic N) is 3. The van der Waals surface area contributed by atoms with Gasteiger partial charge in [-0.15, -0.1) is 0 Å². The first-order valence-corrected chi connectivity index (χ1v) is 8.02. The number of hydrogen-bond donors (Lipinski definition) is 0. The van der Waals surface area contributed by atoms with Crippen LogP contribution in [0.1, 0.15) is 51.9 Å². The first-order chi connectivity index (χ1) is 9.20. The monoisotopic (exact) mass is 263 g/mol. The summed E-state index contributed by atoms with van der Waals surface area (Å²) in [6.07, 6.45) is 8.91. The number of rotatable bonds is 4. The van der Waals surface area contributed by atoms with E-state index in [1.165, 1.54) is 51.6 Å². The van der Waals surface area contributed by atoms with Gasteiger partial charge in [0.25, 0.3) is 0 Å². The van der Waals surface area contributed by atoms with E-state index in [9.17, 15) is 0 Å². The van der Waals surface area contributed by atoms with E-state index < -0.39 is 0 Å². The Morgan fingerprint density at radius 1 is 1.11 bits per heavy atom. The van der Waals surface area contributed by atoms with Gasteiger partial charge in [-0.3, -0.25) is 0 Å². The zero-order valence-electron chi connectivity index (χ0n) is 12.6. The van der Waals surface area contributed by atoms with E-state index in [-0.39, 0.29) is 0 Å². The van der Waals surface area contributed by atoms with E-state index in [0.717, 1.165) is 18.5 Å². The van der Waals surface area contributed by atoms with Gasteiger partial charge in [0, 0.05) is 25.0 Å². The molecule has 0 atom stereocenters. The normalized spacial score (nSPS) is 30.4. The van der Waals surface area contributed by atoms with E-state index in [1.54, 1.807) is 0 Å². The molecule has 0 bridgehead atoms. The zero-order valence-corrected chi connectivity index (χ0v) is 12.6. The van der Waals surface area contributed by atoms with Gasteiger partial charge in [-0.05, 0) is 64.6 Å². The van der Waals surface area contributed by atoms with Crippen molar-refractivity contribution in [1.29, 1.82) is 5.26 Å². The molecule has 19 heavy (non-hydrogen) atoms. The van der Waals surface area contributed by atoms with Crippen molar-refractivity contribution in [3.05, 3.63) is 0 Å². The van der Waals surface area contributed by atoms with Gasteiger partial charge < -0.3 is 9.80 Å². The highest BCUT2D eigenvalue weighted by molar-refractivity contribution is 4.85. The van der Waals surface area contributed by atoms with Gasteiger partial charge in [0.15, 0.2) is 0 Å². The molecule has 0 aromatic heterocycles. The lowest BCUT2D eigenvalue weighted by molar-refractivity contribution is 0.0752. The summed E-state index contributed by atoms with van der Waals surface area (Å²) in [6.45, 7) is 5.86. The second-order valence-electron chi connectivity index (χ2n) is 6.57. The van der Waals surface area contributed by atoms with Crippen molar-refractivity contribution in [3.8, 4) is 6.07 Å². The predicted octanol–water partition coefficient (Wildman–Crippen LogP) is 2.87. The third-order valence-corrected chi connectivity index (χ3v) is 5.20.